The molecule has 1 heterocycles. The van der Waals surface area contributed by atoms with Crippen molar-refractivity contribution >= 4 is 11.7 Å². The molecule has 0 radical (unpaired) electrons. The lowest BCUT2D eigenvalue weighted by atomic mass is 9.56. The van der Waals surface area contributed by atoms with E-state index >= 15 is 0 Å². The van der Waals surface area contributed by atoms with E-state index in [1.807, 2.05) is 41.3 Å². The Bertz CT molecular complexity index is 1200. The fourth-order valence-electron chi connectivity index (χ4n) is 6.51. The lowest BCUT2D eigenvalue weighted by Gasteiger charge is -2.45. The Morgan fingerprint density at radius 3 is 2.21 bits per heavy atom. The first-order valence-electron chi connectivity index (χ1n) is 13.8. The second-order valence-electron chi connectivity index (χ2n) is 11.0. The van der Waals surface area contributed by atoms with E-state index in [9.17, 15) is 9.59 Å². The highest BCUT2D eigenvalue weighted by Crippen LogP contribution is 2.52. The molecule has 5 nitrogen and oxygen atoms in total. The van der Waals surface area contributed by atoms with Crippen molar-refractivity contribution in [3.63, 3.8) is 0 Å². The molecule has 5 heteroatoms. The zero-order valence-electron chi connectivity index (χ0n) is 22.5. The number of carbonyl (C=O) groups excluding carboxylic acids is 2. The van der Waals surface area contributed by atoms with Gasteiger partial charge in [0, 0.05) is 48.9 Å². The highest BCUT2D eigenvalue weighted by Gasteiger charge is 2.55. The number of rotatable bonds is 9. The summed E-state index contributed by atoms with van der Waals surface area (Å²) < 4.78 is 6.06. The molecule has 0 N–H and O–H groups in total. The number of amides is 1. The van der Waals surface area contributed by atoms with E-state index in [4.69, 9.17) is 4.74 Å². The summed E-state index contributed by atoms with van der Waals surface area (Å²) in [6.45, 7) is 2.65. The van der Waals surface area contributed by atoms with Crippen molar-refractivity contribution in [2.45, 2.75) is 31.1 Å². The van der Waals surface area contributed by atoms with E-state index in [2.05, 4.69) is 67.5 Å². The maximum atomic E-state index is 13.7. The van der Waals surface area contributed by atoms with Gasteiger partial charge < -0.3 is 14.5 Å². The van der Waals surface area contributed by atoms with E-state index < -0.39 is 0 Å². The third kappa shape index (κ3) is 5.25. The van der Waals surface area contributed by atoms with Crippen LogP contribution in [0.3, 0.4) is 0 Å². The van der Waals surface area contributed by atoms with Gasteiger partial charge >= 0.3 is 0 Å². The van der Waals surface area contributed by atoms with Crippen molar-refractivity contribution in [2.75, 3.05) is 40.3 Å². The smallest absolute Gasteiger partial charge is 0.227 e. The summed E-state index contributed by atoms with van der Waals surface area (Å²) in [5.41, 5.74) is 3.09. The van der Waals surface area contributed by atoms with Crippen LogP contribution >= 0.6 is 0 Å². The van der Waals surface area contributed by atoms with Crippen molar-refractivity contribution in [1.29, 1.82) is 0 Å². The first kappa shape index (κ1) is 26.2. The van der Waals surface area contributed by atoms with E-state index in [1.165, 1.54) is 11.1 Å². The minimum Gasteiger partial charge on any atom is -0.493 e. The minimum absolute atomic E-state index is 0.0510. The molecule has 2 fully saturated rings. The summed E-state index contributed by atoms with van der Waals surface area (Å²) in [5.74, 6) is 1.03. The van der Waals surface area contributed by atoms with Gasteiger partial charge in [0.25, 0.3) is 0 Å². The molecule has 0 aromatic heterocycles. The fourth-order valence-corrected chi connectivity index (χ4v) is 6.51. The first-order chi connectivity index (χ1) is 18.5. The molecule has 1 saturated heterocycles. The molecule has 3 aromatic rings. The van der Waals surface area contributed by atoms with Crippen LogP contribution in [0.25, 0.3) is 0 Å². The Morgan fingerprint density at radius 2 is 1.55 bits per heavy atom. The van der Waals surface area contributed by atoms with E-state index in [1.54, 1.807) is 0 Å². The van der Waals surface area contributed by atoms with Gasteiger partial charge in [-0.15, -0.1) is 0 Å². The minimum atomic E-state index is -0.288. The Morgan fingerprint density at radius 1 is 0.921 bits per heavy atom. The van der Waals surface area contributed by atoms with Gasteiger partial charge in [0.15, 0.2) is 0 Å². The SMILES string of the molecule is CN(C)CCCOc1ccccc1CC(=O)N1CC2C(=O)CCC(c3ccccc3)(c3ccccc3)C2C1. The molecule has 2 aliphatic rings. The maximum Gasteiger partial charge on any atom is 0.227 e. The number of fused-ring (bicyclic) bond motifs is 1. The number of hydrogen-bond donors (Lipinski definition) is 0. The predicted molar refractivity (Wildman–Crippen MR) is 150 cm³/mol. The molecule has 198 valence electrons. The van der Waals surface area contributed by atoms with Crippen LogP contribution in [-0.4, -0.2) is 61.8 Å². The average molecular weight is 511 g/mol. The number of benzene rings is 3. The van der Waals surface area contributed by atoms with Crippen molar-refractivity contribution in [3.8, 4) is 5.75 Å². The zero-order valence-corrected chi connectivity index (χ0v) is 22.5. The monoisotopic (exact) mass is 510 g/mol. The lowest BCUT2D eigenvalue weighted by Crippen LogP contribution is -2.47. The van der Waals surface area contributed by atoms with Crippen LogP contribution in [0.2, 0.25) is 0 Å². The van der Waals surface area contributed by atoms with E-state index in [0.717, 1.165) is 30.7 Å². The van der Waals surface area contributed by atoms with Crippen LogP contribution in [-0.2, 0) is 21.4 Å². The quantitative estimate of drug-likeness (QED) is 0.381. The van der Waals surface area contributed by atoms with Crippen LogP contribution in [0.4, 0.5) is 0 Å². The summed E-state index contributed by atoms with van der Waals surface area (Å²) in [7, 11) is 4.10. The summed E-state index contributed by atoms with van der Waals surface area (Å²) in [6, 6.07) is 29.0. The predicted octanol–water partition coefficient (Wildman–Crippen LogP) is 4.98. The average Bonchev–Trinajstić information content (AvgIpc) is 3.41. The molecule has 38 heavy (non-hydrogen) atoms. The van der Waals surface area contributed by atoms with Crippen molar-refractivity contribution < 1.29 is 14.3 Å². The molecule has 1 aliphatic heterocycles. The number of likely N-dealkylation sites (tertiary alicyclic amines) is 1. The Kier molecular flexibility index (Phi) is 7.94. The molecule has 2 unspecified atom stereocenters. The fraction of sp³-hybridized carbons (Fsp3) is 0.394. The van der Waals surface area contributed by atoms with Crippen molar-refractivity contribution in [2.24, 2.45) is 11.8 Å². The van der Waals surface area contributed by atoms with Crippen LogP contribution in [0.5, 0.6) is 5.75 Å². The lowest BCUT2D eigenvalue weighted by molar-refractivity contribution is -0.129. The van der Waals surface area contributed by atoms with Gasteiger partial charge in [0.05, 0.1) is 13.0 Å². The second kappa shape index (κ2) is 11.5. The number of para-hydroxylation sites is 1. The Balaban J connectivity index is 1.38. The first-order valence-corrected chi connectivity index (χ1v) is 13.8. The van der Waals surface area contributed by atoms with E-state index in [-0.39, 0.29) is 35.4 Å². The van der Waals surface area contributed by atoms with Crippen molar-refractivity contribution in [3.05, 3.63) is 102 Å². The Hall–Kier alpha value is -3.44. The molecule has 1 aliphatic carbocycles. The zero-order chi connectivity index (χ0) is 26.5. The number of Topliss-reactive ketones (excluding diaryl/α,β-unsaturated/α-hetero) is 1. The molecule has 0 bridgehead atoms. The number of ketones is 1. The van der Waals surface area contributed by atoms with Gasteiger partial charge in [0.1, 0.15) is 11.5 Å². The third-order valence-electron chi connectivity index (χ3n) is 8.38. The Labute approximate surface area is 226 Å². The molecule has 3 aromatic carbocycles. The summed E-state index contributed by atoms with van der Waals surface area (Å²) in [5, 5.41) is 0. The largest absolute Gasteiger partial charge is 0.493 e. The topological polar surface area (TPSA) is 49.9 Å². The van der Waals surface area contributed by atoms with Gasteiger partial charge in [-0.25, -0.2) is 0 Å². The molecule has 1 amide bonds. The number of carbonyl (C=O) groups is 2. The molecular formula is C33H38N2O3. The molecule has 1 saturated carbocycles. The van der Waals surface area contributed by atoms with Crippen LogP contribution in [0.1, 0.15) is 36.0 Å². The third-order valence-corrected chi connectivity index (χ3v) is 8.38. The van der Waals surface area contributed by atoms with Gasteiger partial charge in [-0.3, -0.25) is 9.59 Å². The standard InChI is InChI=1S/C33H38N2O3/c1-34(2)20-11-21-38-31-17-10-9-12-25(31)22-32(37)35-23-28-29(24-35)33(19-18-30(28)36,26-13-5-3-6-14-26)27-15-7-4-8-16-27/h3-10,12-17,28-29H,11,18-24H2,1-2H3. The number of ether oxygens (including phenoxy) is 1. The van der Waals surface area contributed by atoms with Gasteiger partial charge in [-0.05, 0) is 44.1 Å². The maximum absolute atomic E-state index is 13.7. The number of hydrogen-bond acceptors (Lipinski definition) is 4. The summed E-state index contributed by atoms with van der Waals surface area (Å²) in [4.78, 5) is 31.0. The highest BCUT2D eigenvalue weighted by molar-refractivity contribution is 5.86. The number of nitrogens with zero attached hydrogens (tertiary/aromatic N) is 2. The molecule has 2 atom stereocenters. The van der Waals surface area contributed by atoms with E-state index in [0.29, 0.717) is 26.1 Å². The normalized spacial score (nSPS) is 20.4. The van der Waals surface area contributed by atoms with Crippen LogP contribution in [0.15, 0.2) is 84.9 Å². The van der Waals surface area contributed by atoms with Gasteiger partial charge in [-0.2, -0.15) is 0 Å². The van der Waals surface area contributed by atoms with Crippen molar-refractivity contribution in [1.82, 2.24) is 9.80 Å². The van der Waals surface area contributed by atoms with Crippen LogP contribution < -0.4 is 4.74 Å². The van der Waals surface area contributed by atoms with Gasteiger partial charge in [-0.1, -0.05) is 78.9 Å². The summed E-state index contributed by atoms with van der Waals surface area (Å²) in [6.07, 6.45) is 2.51. The molecule has 0 spiro atoms. The second-order valence-corrected chi connectivity index (χ2v) is 11.0. The molecular weight excluding hydrogens is 472 g/mol. The van der Waals surface area contributed by atoms with Gasteiger partial charge in [0.2, 0.25) is 5.91 Å². The molecule has 5 rings (SSSR count). The summed E-state index contributed by atoms with van der Waals surface area (Å²) >= 11 is 0. The van der Waals surface area contributed by atoms with Crippen LogP contribution in [0, 0.1) is 11.8 Å². The highest BCUT2D eigenvalue weighted by atomic mass is 16.5.